The quantitative estimate of drug-likeness (QED) is 0.278. The van der Waals surface area contributed by atoms with E-state index in [-0.39, 0.29) is 5.71 Å². The Morgan fingerprint density at radius 2 is 2.40 bits per heavy atom. The Morgan fingerprint density at radius 1 is 1.90 bits per heavy atom. The number of oxime groups is 1. The fourth-order valence-corrected chi connectivity index (χ4v) is 0.571. The number of hydrogen-bond acceptors (Lipinski definition) is 4. The fourth-order valence-electron chi connectivity index (χ4n) is 0.571. The van der Waals surface area contributed by atoms with E-state index in [1.165, 1.54) is 6.92 Å². The minimum atomic E-state index is -0.880. The summed E-state index contributed by atoms with van der Waals surface area (Å²) in [4.78, 5) is 9.58. The Bertz CT molecular complexity index is 155. The fraction of sp³-hybridized carbons (Fsp3) is 0.800. The molecular formula is C5H10N2O3. The smallest absolute Gasteiger partial charge is 0.251 e. The summed E-state index contributed by atoms with van der Waals surface area (Å²) in [5.41, 5.74) is 0.199. The first-order valence-electron chi connectivity index (χ1n) is 2.97. The van der Waals surface area contributed by atoms with Crippen molar-refractivity contribution in [2.75, 3.05) is 0 Å². The van der Waals surface area contributed by atoms with Gasteiger partial charge in [-0.3, -0.25) is 10.1 Å². The van der Waals surface area contributed by atoms with Gasteiger partial charge in [0.2, 0.25) is 0 Å². The van der Waals surface area contributed by atoms with Crippen LogP contribution in [0.2, 0.25) is 0 Å². The maximum atomic E-state index is 10.1. The Labute approximate surface area is 58.5 Å². The van der Waals surface area contributed by atoms with Gasteiger partial charge in [-0.2, -0.15) is 0 Å². The van der Waals surface area contributed by atoms with Crippen LogP contribution in [0.4, 0.5) is 0 Å². The van der Waals surface area contributed by atoms with Crippen LogP contribution >= 0.6 is 0 Å². The van der Waals surface area contributed by atoms with Crippen molar-refractivity contribution in [2.24, 2.45) is 5.16 Å². The van der Waals surface area contributed by atoms with Gasteiger partial charge in [-0.05, 0) is 6.42 Å². The highest BCUT2D eigenvalue weighted by Crippen LogP contribution is 1.96. The van der Waals surface area contributed by atoms with Crippen molar-refractivity contribution in [3.8, 4) is 0 Å². The summed E-state index contributed by atoms with van der Waals surface area (Å²) >= 11 is 0. The lowest BCUT2D eigenvalue weighted by atomic mass is 10.2. The molecule has 0 radical (unpaired) electrons. The standard InChI is InChI=1S/C5H10N2O3/c1-3-5(6-8)4(2)7(9)10/h4,8H,3H2,1-2H3/b6-5-. The molecule has 0 aliphatic heterocycles. The summed E-state index contributed by atoms with van der Waals surface area (Å²) < 4.78 is 0. The maximum Gasteiger partial charge on any atom is 0.251 e. The van der Waals surface area contributed by atoms with Gasteiger partial charge >= 0.3 is 0 Å². The highest BCUT2D eigenvalue weighted by atomic mass is 16.6. The number of hydrogen-bond donors (Lipinski definition) is 1. The number of nitrogens with zero attached hydrogens (tertiary/aromatic N) is 2. The van der Waals surface area contributed by atoms with Crippen LogP contribution < -0.4 is 0 Å². The van der Waals surface area contributed by atoms with Crippen LogP contribution in [0.5, 0.6) is 0 Å². The third kappa shape index (κ3) is 2.00. The highest BCUT2D eigenvalue weighted by Gasteiger charge is 2.19. The molecule has 0 aromatic carbocycles. The Kier molecular flexibility index (Phi) is 3.38. The molecule has 0 heterocycles. The molecule has 10 heavy (non-hydrogen) atoms. The minimum absolute atomic E-state index is 0.199. The van der Waals surface area contributed by atoms with Gasteiger partial charge in [0.15, 0.2) is 0 Å². The van der Waals surface area contributed by atoms with Gasteiger partial charge < -0.3 is 5.21 Å². The Hall–Kier alpha value is -1.13. The summed E-state index contributed by atoms with van der Waals surface area (Å²) in [5, 5.41) is 21.1. The lowest BCUT2D eigenvalue weighted by molar-refractivity contribution is -0.498. The molecule has 0 bridgehead atoms. The second-order valence-electron chi connectivity index (χ2n) is 1.91. The van der Waals surface area contributed by atoms with E-state index in [1.807, 2.05) is 0 Å². The average molecular weight is 146 g/mol. The van der Waals surface area contributed by atoms with Crippen molar-refractivity contribution in [3.05, 3.63) is 10.1 Å². The molecule has 0 spiro atoms. The Morgan fingerprint density at radius 3 is 2.50 bits per heavy atom. The molecule has 58 valence electrons. The molecule has 0 aromatic heterocycles. The van der Waals surface area contributed by atoms with Gasteiger partial charge in [0, 0.05) is 11.8 Å². The average Bonchev–Trinajstić information content (AvgIpc) is 1.90. The van der Waals surface area contributed by atoms with Crippen LogP contribution in [0.25, 0.3) is 0 Å². The molecule has 1 N–H and O–H groups in total. The monoisotopic (exact) mass is 146 g/mol. The summed E-state index contributed by atoms with van der Waals surface area (Å²) in [7, 11) is 0. The third-order valence-corrected chi connectivity index (χ3v) is 1.29. The van der Waals surface area contributed by atoms with Crippen LogP contribution in [0.1, 0.15) is 20.3 Å². The van der Waals surface area contributed by atoms with Crippen LogP contribution in [0.3, 0.4) is 0 Å². The van der Waals surface area contributed by atoms with Crippen molar-refractivity contribution in [2.45, 2.75) is 26.3 Å². The summed E-state index contributed by atoms with van der Waals surface area (Å²) in [6.07, 6.45) is 0.401. The van der Waals surface area contributed by atoms with Crippen molar-refractivity contribution in [1.29, 1.82) is 0 Å². The van der Waals surface area contributed by atoms with E-state index in [1.54, 1.807) is 6.92 Å². The number of rotatable bonds is 3. The SMILES string of the molecule is CC/C(=N/O)C(C)[N+](=O)[O-]. The van der Waals surface area contributed by atoms with E-state index in [4.69, 9.17) is 5.21 Å². The van der Waals surface area contributed by atoms with Gasteiger partial charge in [0.25, 0.3) is 6.04 Å². The van der Waals surface area contributed by atoms with Crippen molar-refractivity contribution in [3.63, 3.8) is 0 Å². The lowest BCUT2D eigenvalue weighted by Crippen LogP contribution is -2.25. The van der Waals surface area contributed by atoms with E-state index < -0.39 is 11.0 Å². The molecule has 1 atom stereocenters. The molecule has 1 unspecified atom stereocenters. The minimum Gasteiger partial charge on any atom is -0.411 e. The molecule has 0 saturated heterocycles. The number of nitro groups is 1. The normalized spacial score (nSPS) is 14.8. The van der Waals surface area contributed by atoms with Crippen molar-refractivity contribution < 1.29 is 10.1 Å². The molecule has 0 rings (SSSR count). The summed E-state index contributed by atoms with van der Waals surface area (Å²) in [5.74, 6) is 0. The van der Waals surface area contributed by atoms with Crippen LogP contribution in [-0.4, -0.2) is 21.9 Å². The predicted octanol–water partition coefficient (Wildman–Crippen LogP) is 0.892. The van der Waals surface area contributed by atoms with Crippen LogP contribution in [0, 0.1) is 10.1 Å². The van der Waals surface area contributed by atoms with Crippen molar-refractivity contribution in [1.82, 2.24) is 0 Å². The first kappa shape index (κ1) is 8.87. The zero-order chi connectivity index (χ0) is 8.15. The Balaban J connectivity index is 4.17. The van der Waals surface area contributed by atoms with Gasteiger partial charge in [-0.25, -0.2) is 0 Å². The topological polar surface area (TPSA) is 75.7 Å². The largest absolute Gasteiger partial charge is 0.411 e. The molecule has 0 aromatic rings. The maximum absolute atomic E-state index is 10.1. The second-order valence-corrected chi connectivity index (χ2v) is 1.91. The van der Waals surface area contributed by atoms with E-state index >= 15 is 0 Å². The molecule has 0 saturated carbocycles. The molecule has 0 fully saturated rings. The molecular weight excluding hydrogens is 136 g/mol. The molecule has 0 amide bonds. The predicted molar refractivity (Wildman–Crippen MR) is 36.0 cm³/mol. The van der Waals surface area contributed by atoms with Gasteiger partial charge in [0.1, 0.15) is 5.71 Å². The van der Waals surface area contributed by atoms with E-state index in [0.717, 1.165) is 0 Å². The van der Waals surface area contributed by atoms with E-state index in [2.05, 4.69) is 5.16 Å². The van der Waals surface area contributed by atoms with E-state index in [9.17, 15) is 10.1 Å². The molecule has 5 heteroatoms. The molecule has 0 aliphatic rings. The zero-order valence-electron chi connectivity index (χ0n) is 5.94. The summed E-state index contributed by atoms with van der Waals surface area (Å²) in [6.45, 7) is 3.09. The molecule has 5 nitrogen and oxygen atoms in total. The van der Waals surface area contributed by atoms with Gasteiger partial charge in [0.05, 0.1) is 0 Å². The highest BCUT2D eigenvalue weighted by molar-refractivity contribution is 5.87. The zero-order valence-corrected chi connectivity index (χ0v) is 5.94. The second kappa shape index (κ2) is 3.81. The van der Waals surface area contributed by atoms with Crippen molar-refractivity contribution >= 4 is 5.71 Å². The van der Waals surface area contributed by atoms with Crippen LogP contribution in [0.15, 0.2) is 5.16 Å². The lowest BCUT2D eigenvalue weighted by Gasteiger charge is -2.01. The summed E-state index contributed by atoms with van der Waals surface area (Å²) in [6, 6.07) is -0.880. The third-order valence-electron chi connectivity index (χ3n) is 1.29. The molecule has 0 aliphatic carbocycles. The van der Waals surface area contributed by atoms with Gasteiger partial charge in [-0.15, -0.1) is 0 Å². The first-order valence-corrected chi connectivity index (χ1v) is 2.97. The van der Waals surface area contributed by atoms with E-state index in [0.29, 0.717) is 6.42 Å². The van der Waals surface area contributed by atoms with Crippen LogP contribution in [-0.2, 0) is 0 Å². The van der Waals surface area contributed by atoms with Gasteiger partial charge in [-0.1, -0.05) is 12.1 Å². The first-order chi connectivity index (χ1) is 4.63.